The Bertz CT molecular complexity index is 400. The van der Waals surface area contributed by atoms with Crippen LogP contribution in [0.2, 0.25) is 0 Å². The van der Waals surface area contributed by atoms with Gasteiger partial charge in [0.1, 0.15) is 18.1 Å². The molecule has 0 aliphatic rings. The molecule has 0 fully saturated rings. The summed E-state index contributed by atoms with van der Waals surface area (Å²) in [6.07, 6.45) is 0.589. The molecule has 0 unspecified atom stereocenters. The highest BCUT2D eigenvalue weighted by atomic mass is 16.4. The first-order valence-electron chi connectivity index (χ1n) is 7.35. The average molecular weight is 317 g/mol. The summed E-state index contributed by atoms with van der Waals surface area (Å²) in [5.41, 5.74) is 5.40. The zero-order chi connectivity index (χ0) is 17.4. The fourth-order valence-corrected chi connectivity index (χ4v) is 1.80. The third kappa shape index (κ3) is 5.98. The second-order valence-corrected chi connectivity index (χ2v) is 5.73. The summed E-state index contributed by atoms with van der Waals surface area (Å²) >= 11 is 0. The Kier molecular flexibility index (Phi) is 8.66. The van der Waals surface area contributed by atoms with Gasteiger partial charge in [0.05, 0.1) is 6.61 Å². The molecule has 0 aromatic carbocycles. The quantitative estimate of drug-likeness (QED) is 0.372. The normalized spacial score (nSPS) is 16.5. The zero-order valence-corrected chi connectivity index (χ0v) is 13.5. The van der Waals surface area contributed by atoms with Crippen LogP contribution < -0.4 is 16.4 Å². The van der Waals surface area contributed by atoms with E-state index < -0.39 is 42.5 Å². The molecule has 0 bridgehead atoms. The van der Waals surface area contributed by atoms with Crippen LogP contribution in [0.3, 0.4) is 0 Å². The van der Waals surface area contributed by atoms with Gasteiger partial charge in [0.25, 0.3) is 0 Å². The van der Waals surface area contributed by atoms with E-state index in [-0.39, 0.29) is 11.8 Å². The lowest BCUT2D eigenvalue weighted by molar-refractivity contribution is -0.144. The van der Waals surface area contributed by atoms with E-state index in [9.17, 15) is 19.5 Å². The maximum Gasteiger partial charge on any atom is 0.326 e. The molecule has 0 saturated heterocycles. The molecule has 128 valence electrons. The molecule has 2 amide bonds. The van der Waals surface area contributed by atoms with Gasteiger partial charge in [0, 0.05) is 0 Å². The average Bonchev–Trinajstić information content (AvgIpc) is 2.47. The summed E-state index contributed by atoms with van der Waals surface area (Å²) in [7, 11) is 0. The number of carbonyl (C=O) groups excluding carboxylic acids is 2. The lowest BCUT2D eigenvalue weighted by Gasteiger charge is -2.26. The number of carbonyl (C=O) groups is 3. The van der Waals surface area contributed by atoms with Gasteiger partial charge in [-0.2, -0.15) is 0 Å². The molecule has 8 nitrogen and oxygen atoms in total. The largest absolute Gasteiger partial charge is 0.480 e. The Balaban J connectivity index is 4.99. The van der Waals surface area contributed by atoms with Crippen molar-refractivity contribution in [1.82, 2.24) is 10.6 Å². The van der Waals surface area contributed by atoms with Crippen LogP contribution in [0.15, 0.2) is 0 Å². The number of carboxylic acids is 1. The third-order valence-electron chi connectivity index (χ3n) is 3.56. The standard InChI is InChI=1S/C14H27N3O5/c1-5-8(4)11(14(21)22)17-13(20)10(7(2)3)16-12(19)9(15)6-18/h7-11,18H,5-6,15H2,1-4H3,(H,16,19)(H,17,20)(H,21,22)/t8-,9-,10-,11-/m0/s1. The molecule has 0 heterocycles. The third-order valence-corrected chi connectivity index (χ3v) is 3.56. The Morgan fingerprint density at radius 2 is 1.55 bits per heavy atom. The number of aliphatic hydroxyl groups is 1. The van der Waals surface area contributed by atoms with Crippen LogP contribution in [0.4, 0.5) is 0 Å². The van der Waals surface area contributed by atoms with Crippen LogP contribution in [0.5, 0.6) is 0 Å². The highest BCUT2D eigenvalue weighted by molar-refractivity contribution is 5.92. The number of aliphatic carboxylic acids is 1. The monoisotopic (exact) mass is 317 g/mol. The van der Waals surface area contributed by atoms with Crippen molar-refractivity contribution in [2.24, 2.45) is 17.6 Å². The summed E-state index contributed by atoms with van der Waals surface area (Å²) in [6, 6.07) is -3.07. The van der Waals surface area contributed by atoms with Crippen LogP contribution >= 0.6 is 0 Å². The Morgan fingerprint density at radius 1 is 1.05 bits per heavy atom. The van der Waals surface area contributed by atoms with Gasteiger partial charge < -0.3 is 26.6 Å². The Labute approximate surface area is 130 Å². The van der Waals surface area contributed by atoms with E-state index >= 15 is 0 Å². The van der Waals surface area contributed by atoms with Gasteiger partial charge in [-0.3, -0.25) is 9.59 Å². The van der Waals surface area contributed by atoms with E-state index in [0.29, 0.717) is 6.42 Å². The fraction of sp³-hybridized carbons (Fsp3) is 0.786. The first kappa shape index (κ1) is 20.3. The van der Waals surface area contributed by atoms with E-state index in [4.69, 9.17) is 10.8 Å². The first-order chi connectivity index (χ1) is 10.1. The summed E-state index contributed by atoms with van der Waals surface area (Å²) in [4.78, 5) is 35.2. The van der Waals surface area contributed by atoms with Crippen molar-refractivity contribution in [3.63, 3.8) is 0 Å². The second-order valence-electron chi connectivity index (χ2n) is 5.73. The van der Waals surface area contributed by atoms with Crippen molar-refractivity contribution in [2.75, 3.05) is 6.61 Å². The minimum Gasteiger partial charge on any atom is -0.480 e. The molecule has 8 heteroatoms. The fourth-order valence-electron chi connectivity index (χ4n) is 1.80. The van der Waals surface area contributed by atoms with E-state index in [2.05, 4.69) is 10.6 Å². The summed E-state index contributed by atoms with van der Waals surface area (Å²) in [6.45, 7) is 6.45. The molecule has 0 aliphatic carbocycles. The van der Waals surface area contributed by atoms with Crippen molar-refractivity contribution in [2.45, 2.75) is 52.2 Å². The van der Waals surface area contributed by atoms with Gasteiger partial charge in [-0.05, 0) is 11.8 Å². The second kappa shape index (κ2) is 9.37. The zero-order valence-electron chi connectivity index (χ0n) is 13.5. The maximum absolute atomic E-state index is 12.3. The van der Waals surface area contributed by atoms with E-state index in [1.165, 1.54) is 0 Å². The molecule has 4 atom stereocenters. The van der Waals surface area contributed by atoms with Crippen LogP contribution in [-0.2, 0) is 14.4 Å². The highest BCUT2D eigenvalue weighted by Crippen LogP contribution is 2.10. The maximum atomic E-state index is 12.3. The summed E-state index contributed by atoms with van der Waals surface area (Å²) in [5.74, 6) is -2.87. The molecular weight excluding hydrogens is 290 g/mol. The van der Waals surface area contributed by atoms with E-state index in [1.807, 2.05) is 6.92 Å². The number of hydrogen-bond donors (Lipinski definition) is 5. The topological polar surface area (TPSA) is 142 Å². The molecule has 0 aromatic rings. The van der Waals surface area contributed by atoms with Gasteiger partial charge >= 0.3 is 5.97 Å². The van der Waals surface area contributed by atoms with Gasteiger partial charge in [-0.1, -0.05) is 34.1 Å². The lowest BCUT2D eigenvalue weighted by atomic mass is 9.97. The number of carboxylic acid groups (broad SMARTS) is 1. The molecule has 0 saturated carbocycles. The van der Waals surface area contributed by atoms with Crippen LogP contribution in [0.1, 0.15) is 34.1 Å². The minimum absolute atomic E-state index is 0.246. The lowest BCUT2D eigenvalue weighted by Crippen LogP contribution is -2.57. The van der Waals surface area contributed by atoms with Crippen molar-refractivity contribution in [1.29, 1.82) is 0 Å². The minimum atomic E-state index is -1.13. The first-order valence-corrected chi connectivity index (χ1v) is 7.35. The number of aliphatic hydroxyl groups excluding tert-OH is 1. The van der Waals surface area contributed by atoms with Crippen molar-refractivity contribution in [3.8, 4) is 0 Å². The van der Waals surface area contributed by atoms with E-state index in [1.54, 1.807) is 20.8 Å². The SMILES string of the molecule is CC[C@H](C)[C@H](NC(=O)[C@@H](NC(=O)[C@@H](N)CO)C(C)C)C(=O)O. The summed E-state index contributed by atoms with van der Waals surface area (Å²) in [5, 5.41) is 22.9. The molecule has 0 aromatic heterocycles. The van der Waals surface area contributed by atoms with Gasteiger partial charge in [0.2, 0.25) is 11.8 Å². The highest BCUT2D eigenvalue weighted by Gasteiger charge is 2.31. The molecule has 22 heavy (non-hydrogen) atoms. The molecular formula is C14H27N3O5. The number of rotatable bonds is 9. The molecule has 6 N–H and O–H groups in total. The molecule has 0 rings (SSSR count). The van der Waals surface area contributed by atoms with Crippen LogP contribution in [-0.4, -0.2) is 52.7 Å². The number of nitrogens with one attached hydrogen (secondary N) is 2. The van der Waals surface area contributed by atoms with Crippen LogP contribution in [0, 0.1) is 11.8 Å². The van der Waals surface area contributed by atoms with Gasteiger partial charge in [-0.25, -0.2) is 4.79 Å². The number of nitrogens with two attached hydrogens (primary N) is 1. The Hall–Kier alpha value is -1.67. The summed E-state index contributed by atoms with van der Waals surface area (Å²) < 4.78 is 0. The van der Waals surface area contributed by atoms with Gasteiger partial charge in [-0.15, -0.1) is 0 Å². The van der Waals surface area contributed by atoms with Crippen molar-refractivity contribution >= 4 is 17.8 Å². The van der Waals surface area contributed by atoms with Crippen molar-refractivity contribution < 1.29 is 24.6 Å². The van der Waals surface area contributed by atoms with E-state index in [0.717, 1.165) is 0 Å². The molecule has 0 aliphatic heterocycles. The smallest absolute Gasteiger partial charge is 0.326 e. The number of amides is 2. The van der Waals surface area contributed by atoms with Crippen LogP contribution in [0.25, 0.3) is 0 Å². The Morgan fingerprint density at radius 3 is 1.91 bits per heavy atom. The predicted molar refractivity (Wildman–Crippen MR) is 80.9 cm³/mol. The number of hydrogen-bond acceptors (Lipinski definition) is 5. The van der Waals surface area contributed by atoms with Crippen molar-refractivity contribution in [3.05, 3.63) is 0 Å². The van der Waals surface area contributed by atoms with Gasteiger partial charge in [0.15, 0.2) is 0 Å². The predicted octanol–water partition coefficient (Wildman–Crippen LogP) is -0.938. The molecule has 0 spiro atoms. The molecule has 0 radical (unpaired) electrons.